The van der Waals surface area contributed by atoms with Crippen molar-refractivity contribution in [2.75, 3.05) is 6.61 Å². The molecule has 0 aromatic heterocycles. The summed E-state index contributed by atoms with van der Waals surface area (Å²) in [5, 5.41) is 0. The molecule has 2 aromatic rings. The van der Waals surface area contributed by atoms with E-state index in [0.29, 0.717) is 11.1 Å². The fourth-order valence-electron chi connectivity index (χ4n) is 3.61. The van der Waals surface area contributed by atoms with Gasteiger partial charge >= 0.3 is 5.97 Å². The molecular weight excluding hydrogens is 345 g/mol. The molecule has 5 heteroatoms. The van der Waals surface area contributed by atoms with Crippen molar-refractivity contribution >= 4 is 11.9 Å². The van der Waals surface area contributed by atoms with Gasteiger partial charge < -0.3 is 9.64 Å². The molecule has 4 rings (SSSR count). The molecule has 4 nitrogen and oxygen atoms in total. The Kier molecular flexibility index (Phi) is 4.92. The van der Waals surface area contributed by atoms with Crippen LogP contribution in [-0.4, -0.2) is 29.4 Å². The summed E-state index contributed by atoms with van der Waals surface area (Å²) in [7, 11) is 0. The first kappa shape index (κ1) is 17.7. The van der Waals surface area contributed by atoms with Crippen molar-refractivity contribution in [3.8, 4) is 0 Å². The first-order chi connectivity index (χ1) is 13.1. The smallest absolute Gasteiger partial charge is 0.338 e. The fourth-order valence-corrected chi connectivity index (χ4v) is 3.61. The van der Waals surface area contributed by atoms with Crippen molar-refractivity contribution in [2.45, 2.75) is 44.7 Å². The summed E-state index contributed by atoms with van der Waals surface area (Å²) in [6.07, 6.45) is 4.94. The highest BCUT2D eigenvalue weighted by Gasteiger charge is 2.33. The number of rotatable bonds is 6. The van der Waals surface area contributed by atoms with Crippen LogP contribution in [-0.2, 0) is 28.9 Å². The van der Waals surface area contributed by atoms with E-state index in [1.807, 2.05) is 12.1 Å². The van der Waals surface area contributed by atoms with Crippen LogP contribution in [0.5, 0.6) is 0 Å². The third-order valence-electron chi connectivity index (χ3n) is 5.27. The summed E-state index contributed by atoms with van der Waals surface area (Å²) < 4.78 is 19.2. The van der Waals surface area contributed by atoms with Crippen LogP contribution in [0.15, 0.2) is 42.5 Å². The minimum absolute atomic E-state index is 0.107. The van der Waals surface area contributed by atoms with Crippen LogP contribution < -0.4 is 0 Å². The van der Waals surface area contributed by atoms with Gasteiger partial charge in [0.2, 0.25) is 0 Å². The fraction of sp³-hybridized carbons (Fsp3) is 0.364. The highest BCUT2D eigenvalue weighted by Crippen LogP contribution is 2.29. The van der Waals surface area contributed by atoms with Crippen LogP contribution in [0.3, 0.4) is 0 Å². The van der Waals surface area contributed by atoms with Gasteiger partial charge in [0.25, 0.3) is 5.91 Å². The first-order valence-electron chi connectivity index (χ1n) is 9.43. The zero-order valence-electron chi connectivity index (χ0n) is 15.1. The number of amides is 1. The number of hydrogen-bond acceptors (Lipinski definition) is 3. The molecule has 2 aliphatic carbocycles. The average molecular weight is 367 g/mol. The van der Waals surface area contributed by atoms with E-state index >= 15 is 0 Å². The van der Waals surface area contributed by atoms with Gasteiger partial charge in [0.1, 0.15) is 5.82 Å². The van der Waals surface area contributed by atoms with Crippen molar-refractivity contribution in [1.29, 1.82) is 0 Å². The van der Waals surface area contributed by atoms with Gasteiger partial charge in [-0.1, -0.05) is 24.3 Å². The Hall–Kier alpha value is -2.69. The molecule has 2 aliphatic rings. The number of halogens is 1. The second kappa shape index (κ2) is 7.51. The number of fused-ring (bicyclic) bond motifs is 1. The average Bonchev–Trinajstić information content (AvgIpc) is 3.41. The Balaban J connectivity index is 1.38. The minimum Gasteiger partial charge on any atom is -0.452 e. The van der Waals surface area contributed by atoms with E-state index in [-0.39, 0.29) is 30.9 Å². The molecule has 0 heterocycles. The van der Waals surface area contributed by atoms with Gasteiger partial charge in [0.05, 0.1) is 5.56 Å². The van der Waals surface area contributed by atoms with Gasteiger partial charge in [-0.25, -0.2) is 9.18 Å². The van der Waals surface area contributed by atoms with Crippen LogP contribution in [0, 0.1) is 5.82 Å². The maximum atomic E-state index is 13.9. The zero-order valence-corrected chi connectivity index (χ0v) is 15.1. The SMILES string of the molecule is O=C(OCC(=O)N(Cc1ccccc1F)C1CC1)c1ccc2c(c1)CCC2. The molecule has 1 saturated carbocycles. The monoisotopic (exact) mass is 367 g/mol. The van der Waals surface area contributed by atoms with E-state index in [2.05, 4.69) is 0 Å². The van der Waals surface area contributed by atoms with Gasteiger partial charge in [-0.2, -0.15) is 0 Å². The first-order valence-corrected chi connectivity index (χ1v) is 9.43. The predicted octanol–water partition coefficient (Wildman–Crippen LogP) is 3.66. The van der Waals surface area contributed by atoms with Gasteiger partial charge in [0.15, 0.2) is 6.61 Å². The third kappa shape index (κ3) is 4.02. The predicted molar refractivity (Wildman–Crippen MR) is 98.7 cm³/mol. The van der Waals surface area contributed by atoms with Crippen molar-refractivity contribution < 1.29 is 18.7 Å². The van der Waals surface area contributed by atoms with Crippen molar-refractivity contribution in [3.05, 3.63) is 70.5 Å². The molecule has 27 heavy (non-hydrogen) atoms. The number of esters is 1. The number of ether oxygens (including phenoxy) is 1. The highest BCUT2D eigenvalue weighted by molar-refractivity contribution is 5.91. The number of benzene rings is 2. The van der Waals surface area contributed by atoms with Gasteiger partial charge in [-0.15, -0.1) is 0 Å². The number of aryl methyl sites for hydroxylation is 2. The molecule has 0 N–H and O–H groups in total. The van der Waals surface area contributed by atoms with Crippen molar-refractivity contribution in [3.63, 3.8) is 0 Å². The Labute approximate surface area is 157 Å². The van der Waals surface area contributed by atoms with E-state index in [4.69, 9.17) is 4.74 Å². The lowest BCUT2D eigenvalue weighted by Crippen LogP contribution is -2.36. The maximum absolute atomic E-state index is 13.9. The number of nitrogens with zero attached hydrogens (tertiary/aromatic N) is 1. The topological polar surface area (TPSA) is 46.6 Å². The third-order valence-corrected chi connectivity index (χ3v) is 5.27. The van der Waals surface area contributed by atoms with Gasteiger partial charge in [0, 0.05) is 18.2 Å². The Morgan fingerprint density at radius 2 is 1.85 bits per heavy atom. The summed E-state index contributed by atoms with van der Waals surface area (Å²) in [4.78, 5) is 26.5. The normalized spacial score (nSPS) is 15.3. The molecule has 0 saturated heterocycles. The molecule has 0 aliphatic heterocycles. The Morgan fingerprint density at radius 1 is 1.07 bits per heavy atom. The van der Waals surface area contributed by atoms with Crippen LogP contribution in [0.1, 0.15) is 46.3 Å². The molecule has 140 valence electrons. The molecule has 0 spiro atoms. The lowest BCUT2D eigenvalue weighted by molar-refractivity contribution is -0.135. The van der Waals surface area contributed by atoms with E-state index < -0.39 is 5.97 Å². The molecule has 2 aromatic carbocycles. The van der Waals surface area contributed by atoms with E-state index in [1.165, 1.54) is 17.2 Å². The van der Waals surface area contributed by atoms with Crippen molar-refractivity contribution in [2.24, 2.45) is 0 Å². The summed E-state index contributed by atoms with van der Waals surface area (Å²) >= 11 is 0. The zero-order chi connectivity index (χ0) is 18.8. The second-order valence-electron chi connectivity index (χ2n) is 7.26. The summed E-state index contributed by atoms with van der Waals surface area (Å²) in [5.41, 5.74) is 3.43. The molecule has 0 bridgehead atoms. The van der Waals surface area contributed by atoms with Gasteiger partial charge in [-0.3, -0.25) is 4.79 Å². The standard InChI is InChI=1S/C22H22FNO3/c23-20-7-2-1-4-18(20)13-24(19-10-11-19)21(25)14-27-22(26)17-9-8-15-5-3-6-16(15)12-17/h1-2,4,7-9,12,19H,3,5-6,10-11,13-14H2. The lowest BCUT2D eigenvalue weighted by Gasteiger charge is -2.22. The summed E-state index contributed by atoms with van der Waals surface area (Å²) in [6, 6.07) is 12.1. The van der Waals surface area contributed by atoms with E-state index in [1.54, 1.807) is 29.2 Å². The van der Waals surface area contributed by atoms with Crippen LogP contribution >= 0.6 is 0 Å². The summed E-state index contributed by atoms with van der Waals surface area (Å²) in [5.74, 6) is -1.10. The quantitative estimate of drug-likeness (QED) is 0.732. The van der Waals surface area contributed by atoms with E-state index in [9.17, 15) is 14.0 Å². The van der Waals surface area contributed by atoms with Gasteiger partial charge in [-0.05, 0) is 61.4 Å². The van der Waals surface area contributed by atoms with Crippen LogP contribution in [0.25, 0.3) is 0 Å². The molecule has 1 amide bonds. The maximum Gasteiger partial charge on any atom is 0.338 e. The van der Waals surface area contributed by atoms with Crippen LogP contribution in [0.2, 0.25) is 0 Å². The Bertz CT molecular complexity index is 876. The molecule has 1 fully saturated rings. The second-order valence-corrected chi connectivity index (χ2v) is 7.26. The highest BCUT2D eigenvalue weighted by atomic mass is 19.1. The summed E-state index contributed by atoms with van der Waals surface area (Å²) in [6.45, 7) is -0.118. The number of hydrogen-bond donors (Lipinski definition) is 0. The minimum atomic E-state index is -0.486. The Morgan fingerprint density at radius 3 is 2.63 bits per heavy atom. The van der Waals surface area contributed by atoms with Crippen LogP contribution in [0.4, 0.5) is 4.39 Å². The van der Waals surface area contributed by atoms with Crippen molar-refractivity contribution in [1.82, 2.24) is 4.90 Å². The largest absolute Gasteiger partial charge is 0.452 e. The lowest BCUT2D eigenvalue weighted by atomic mass is 10.1. The van der Waals surface area contributed by atoms with E-state index in [0.717, 1.165) is 32.1 Å². The molecule has 0 atom stereocenters. The number of carbonyl (C=O) groups is 2. The number of carbonyl (C=O) groups excluding carboxylic acids is 2. The molecule has 0 radical (unpaired) electrons. The molecule has 0 unspecified atom stereocenters. The molecular formula is C22H22FNO3.